The first kappa shape index (κ1) is 10.9. The number of hydrogen-bond acceptors (Lipinski definition) is 3. The van der Waals surface area contributed by atoms with Gasteiger partial charge in [0.15, 0.2) is 0 Å². The molecule has 0 heterocycles. The van der Waals surface area contributed by atoms with Crippen LogP contribution in [0.3, 0.4) is 0 Å². The van der Waals surface area contributed by atoms with Crippen LogP contribution < -0.4 is 4.74 Å². The molecule has 0 saturated heterocycles. The largest absolute Gasteiger partial charge is 0.497 e. The van der Waals surface area contributed by atoms with Crippen LogP contribution in [-0.2, 0) is 6.54 Å². The molecular formula is C10H14FNO2. The highest BCUT2D eigenvalue weighted by Gasteiger charge is 2.09. The molecule has 1 N–H and O–H groups in total. The molecule has 3 nitrogen and oxygen atoms in total. The predicted octanol–water partition coefficient (Wildman–Crippen LogP) is 1.96. The number of hydrogen-bond donors (Lipinski definition) is 1. The van der Waals surface area contributed by atoms with Crippen LogP contribution in [0.1, 0.15) is 11.1 Å². The Hall–Kier alpha value is -1.13. The van der Waals surface area contributed by atoms with Gasteiger partial charge in [-0.2, -0.15) is 5.06 Å². The second kappa shape index (κ2) is 4.39. The average molecular weight is 199 g/mol. The molecule has 0 bridgehead atoms. The summed E-state index contributed by atoms with van der Waals surface area (Å²) in [6.07, 6.45) is 0. The van der Waals surface area contributed by atoms with E-state index in [1.807, 2.05) is 0 Å². The molecular weight excluding hydrogens is 185 g/mol. The first-order chi connectivity index (χ1) is 6.54. The number of hydroxylamine groups is 2. The van der Waals surface area contributed by atoms with Crippen LogP contribution in [0.25, 0.3) is 0 Å². The molecule has 1 aromatic carbocycles. The Morgan fingerprint density at radius 1 is 1.50 bits per heavy atom. The fourth-order valence-electron chi connectivity index (χ4n) is 1.29. The van der Waals surface area contributed by atoms with Crippen LogP contribution in [0.4, 0.5) is 4.39 Å². The first-order valence-corrected chi connectivity index (χ1v) is 4.27. The molecule has 0 amide bonds. The second-order valence-electron chi connectivity index (χ2n) is 3.23. The molecule has 14 heavy (non-hydrogen) atoms. The highest BCUT2D eigenvalue weighted by molar-refractivity contribution is 5.35. The molecule has 0 atom stereocenters. The Balaban J connectivity index is 3.07. The van der Waals surface area contributed by atoms with Crippen LogP contribution in [0.2, 0.25) is 0 Å². The van der Waals surface area contributed by atoms with Crippen molar-refractivity contribution in [3.63, 3.8) is 0 Å². The van der Waals surface area contributed by atoms with Crippen molar-refractivity contribution in [2.24, 2.45) is 0 Å². The molecule has 0 unspecified atom stereocenters. The van der Waals surface area contributed by atoms with Gasteiger partial charge in [-0.15, -0.1) is 0 Å². The summed E-state index contributed by atoms with van der Waals surface area (Å²) in [4.78, 5) is 0. The second-order valence-corrected chi connectivity index (χ2v) is 3.23. The van der Waals surface area contributed by atoms with Crippen LogP contribution in [0.5, 0.6) is 5.75 Å². The molecule has 0 saturated carbocycles. The molecule has 0 spiro atoms. The number of benzene rings is 1. The van der Waals surface area contributed by atoms with Gasteiger partial charge in [0.1, 0.15) is 11.6 Å². The molecule has 1 rings (SSSR count). The lowest BCUT2D eigenvalue weighted by Gasteiger charge is -2.12. The minimum Gasteiger partial charge on any atom is -0.497 e. The van der Waals surface area contributed by atoms with Crippen molar-refractivity contribution in [1.82, 2.24) is 5.06 Å². The van der Waals surface area contributed by atoms with Crippen LogP contribution in [0.15, 0.2) is 12.1 Å². The van der Waals surface area contributed by atoms with Crippen LogP contribution in [-0.4, -0.2) is 24.4 Å². The summed E-state index contributed by atoms with van der Waals surface area (Å²) in [7, 11) is 2.99. The molecule has 4 heteroatoms. The minimum atomic E-state index is -0.299. The summed E-state index contributed by atoms with van der Waals surface area (Å²) in [5.41, 5.74) is 0.938. The highest BCUT2D eigenvalue weighted by Crippen LogP contribution is 2.21. The molecule has 0 fully saturated rings. The van der Waals surface area contributed by atoms with Crippen molar-refractivity contribution in [3.8, 4) is 5.75 Å². The molecule has 1 aromatic rings. The third-order valence-corrected chi connectivity index (χ3v) is 1.94. The number of nitrogens with zero attached hydrogens (tertiary/aromatic N) is 1. The lowest BCUT2D eigenvalue weighted by molar-refractivity contribution is -0.0738. The van der Waals surface area contributed by atoms with Crippen LogP contribution >= 0.6 is 0 Å². The van der Waals surface area contributed by atoms with Gasteiger partial charge < -0.3 is 9.94 Å². The maximum absolute atomic E-state index is 13.5. The Morgan fingerprint density at radius 3 is 2.64 bits per heavy atom. The average Bonchev–Trinajstić information content (AvgIpc) is 2.11. The van der Waals surface area contributed by atoms with E-state index in [9.17, 15) is 4.39 Å². The monoisotopic (exact) mass is 199 g/mol. The lowest BCUT2D eigenvalue weighted by atomic mass is 10.1. The van der Waals surface area contributed by atoms with E-state index in [-0.39, 0.29) is 12.4 Å². The van der Waals surface area contributed by atoms with E-state index in [1.54, 1.807) is 19.1 Å². The normalized spacial score (nSPS) is 10.7. The smallest absolute Gasteiger partial charge is 0.130 e. The Kier molecular flexibility index (Phi) is 3.43. The van der Waals surface area contributed by atoms with Crippen molar-refractivity contribution in [3.05, 3.63) is 29.1 Å². The Morgan fingerprint density at radius 2 is 2.14 bits per heavy atom. The maximum Gasteiger partial charge on any atom is 0.130 e. The van der Waals surface area contributed by atoms with Gasteiger partial charge in [-0.3, -0.25) is 0 Å². The summed E-state index contributed by atoms with van der Waals surface area (Å²) in [5, 5.41) is 9.94. The van der Waals surface area contributed by atoms with Gasteiger partial charge in [-0.1, -0.05) is 0 Å². The number of methoxy groups -OCH3 is 1. The van der Waals surface area contributed by atoms with Gasteiger partial charge in [0, 0.05) is 12.6 Å². The topological polar surface area (TPSA) is 32.7 Å². The zero-order valence-corrected chi connectivity index (χ0v) is 8.54. The van der Waals surface area contributed by atoms with Crippen LogP contribution in [0, 0.1) is 12.7 Å². The predicted molar refractivity (Wildman–Crippen MR) is 50.9 cm³/mol. The maximum atomic E-state index is 13.5. The number of aryl methyl sites for hydroxylation is 1. The van der Waals surface area contributed by atoms with Crippen molar-refractivity contribution >= 4 is 0 Å². The summed E-state index contributed by atoms with van der Waals surface area (Å²) >= 11 is 0. The molecule has 0 aromatic heterocycles. The van der Waals surface area contributed by atoms with Gasteiger partial charge in [-0.25, -0.2) is 4.39 Å². The Bertz CT molecular complexity index is 326. The van der Waals surface area contributed by atoms with Gasteiger partial charge >= 0.3 is 0 Å². The summed E-state index contributed by atoms with van der Waals surface area (Å²) < 4.78 is 18.5. The summed E-state index contributed by atoms with van der Waals surface area (Å²) in [5.74, 6) is 0.299. The van der Waals surface area contributed by atoms with Gasteiger partial charge in [0.05, 0.1) is 13.7 Å². The van der Waals surface area contributed by atoms with E-state index in [4.69, 9.17) is 9.94 Å². The van der Waals surface area contributed by atoms with E-state index in [0.717, 1.165) is 5.06 Å². The summed E-state index contributed by atoms with van der Waals surface area (Å²) in [6.45, 7) is 1.81. The highest BCUT2D eigenvalue weighted by atomic mass is 19.1. The fraction of sp³-hybridized carbons (Fsp3) is 0.400. The number of ether oxygens (including phenoxy) is 1. The third kappa shape index (κ3) is 2.43. The standard InChI is InChI=1S/C10H14FNO2/c1-7-4-9(14-3)5-8(10(7)11)6-12(2)13/h4-5,13H,6H2,1-3H3. The van der Waals surface area contributed by atoms with Crippen molar-refractivity contribution in [2.45, 2.75) is 13.5 Å². The van der Waals surface area contributed by atoms with E-state index < -0.39 is 0 Å². The number of rotatable bonds is 3. The third-order valence-electron chi connectivity index (χ3n) is 1.94. The minimum absolute atomic E-state index is 0.143. The number of halogens is 1. The molecule has 78 valence electrons. The summed E-state index contributed by atoms with van der Waals surface area (Å²) in [6, 6.07) is 3.20. The van der Waals surface area contributed by atoms with Gasteiger partial charge in [0.25, 0.3) is 0 Å². The van der Waals surface area contributed by atoms with E-state index in [1.165, 1.54) is 14.2 Å². The van der Waals surface area contributed by atoms with Gasteiger partial charge in [0.2, 0.25) is 0 Å². The zero-order valence-electron chi connectivity index (χ0n) is 8.54. The molecule has 0 aliphatic heterocycles. The first-order valence-electron chi connectivity index (χ1n) is 4.27. The molecule has 0 aliphatic carbocycles. The van der Waals surface area contributed by atoms with Crippen molar-refractivity contribution < 1.29 is 14.3 Å². The molecule has 0 radical (unpaired) electrons. The fourth-order valence-corrected chi connectivity index (χ4v) is 1.29. The lowest BCUT2D eigenvalue weighted by Crippen LogP contribution is -2.13. The molecule has 0 aliphatic rings. The quantitative estimate of drug-likeness (QED) is 0.755. The SMILES string of the molecule is COc1cc(C)c(F)c(CN(C)O)c1. The van der Waals surface area contributed by atoms with E-state index in [0.29, 0.717) is 16.9 Å². The zero-order chi connectivity index (χ0) is 10.7. The van der Waals surface area contributed by atoms with E-state index >= 15 is 0 Å². The van der Waals surface area contributed by atoms with Crippen molar-refractivity contribution in [1.29, 1.82) is 0 Å². The Labute approximate surface area is 82.7 Å². The van der Waals surface area contributed by atoms with Gasteiger partial charge in [-0.05, 0) is 24.6 Å². The van der Waals surface area contributed by atoms with E-state index in [2.05, 4.69) is 0 Å². The van der Waals surface area contributed by atoms with Crippen molar-refractivity contribution in [2.75, 3.05) is 14.2 Å².